The van der Waals surface area contributed by atoms with Gasteiger partial charge in [0.05, 0.1) is 26.4 Å². The van der Waals surface area contributed by atoms with Gasteiger partial charge >= 0.3 is 29.8 Å². The minimum atomic E-state index is -1.24. The van der Waals surface area contributed by atoms with Gasteiger partial charge < -0.3 is 59.1 Å². The molecule has 0 aromatic rings. The summed E-state index contributed by atoms with van der Waals surface area (Å²) in [6.45, 7) is 2.12. The highest BCUT2D eigenvalue weighted by Crippen LogP contribution is 1.94. The van der Waals surface area contributed by atoms with E-state index < -0.39 is 61.4 Å². The number of aliphatic hydroxyl groups excluding tert-OH is 4. The molecule has 354 valence electrons. The first kappa shape index (κ1) is 142. The summed E-state index contributed by atoms with van der Waals surface area (Å²) in [5.41, 5.74) is 0. The second kappa shape index (κ2) is 104. The Morgan fingerprint density at radius 1 is 0.537 bits per heavy atom. The van der Waals surface area contributed by atoms with Crippen LogP contribution in [0.5, 0.6) is 0 Å². The molecule has 3 unspecified atom stereocenters. The van der Waals surface area contributed by atoms with Crippen LogP contribution in [0.3, 0.4) is 0 Å². The second-order valence-corrected chi connectivity index (χ2v) is 5.99. The van der Waals surface area contributed by atoms with E-state index in [2.05, 4.69) is 9.47 Å². The fourth-order valence-corrected chi connectivity index (χ4v) is 1.14. The molecule has 0 aromatic heterocycles. The third-order valence-electron chi connectivity index (χ3n) is 2.99. The van der Waals surface area contributed by atoms with E-state index in [-0.39, 0.29) is 159 Å². The van der Waals surface area contributed by atoms with Crippen LogP contribution in [0, 0.1) is 0 Å². The fourth-order valence-electron chi connectivity index (χ4n) is 1.14. The van der Waals surface area contributed by atoms with Crippen molar-refractivity contribution >= 4 is 36.1 Å². The first-order valence-corrected chi connectivity index (χ1v) is 10.3. The van der Waals surface area contributed by atoms with Gasteiger partial charge in [-0.1, -0.05) is 126 Å². The number of methoxy groups -OCH3 is 1. The molecule has 0 rings (SSSR count). The van der Waals surface area contributed by atoms with Crippen LogP contribution in [0.4, 0.5) is 0 Å². The van der Waals surface area contributed by atoms with Crippen LogP contribution < -0.4 is 0 Å². The van der Waals surface area contributed by atoms with Crippen LogP contribution in [0.1, 0.15) is 147 Å². The van der Waals surface area contributed by atoms with Crippen molar-refractivity contribution in [2.75, 3.05) is 53.4 Å². The molecule has 0 aliphatic rings. The number of carbonyl (C=O) groups excluding carboxylic acids is 4. The number of aldehydes is 1. The Hall–Kier alpha value is -3.22. The summed E-state index contributed by atoms with van der Waals surface area (Å²) in [6, 6.07) is 0. The first-order chi connectivity index (χ1) is 17.3. The number of aliphatic hydroxyl groups is 4. The number of carbonyl (C=O) groups is 6. The van der Waals surface area contributed by atoms with Crippen molar-refractivity contribution in [1.82, 2.24) is 0 Å². The molecule has 17 nitrogen and oxygen atoms in total. The zero-order valence-electron chi connectivity index (χ0n) is 20.9. The smallest absolute Gasteiger partial charge is 0.344 e. The molecular weight excluding hydrogens is 716 g/mol. The van der Waals surface area contributed by atoms with Crippen molar-refractivity contribution in [3.05, 3.63) is 0 Å². The van der Waals surface area contributed by atoms with Gasteiger partial charge in [-0.2, -0.15) is 0 Å². The van der Waals surface area contributed by atoms with Crippen molar-refractivity contribution in [3.8, 4) is 0 Å². The van der Waals surface area contributed by atoms with Crippen LogP contribution in [0.15, 0.2) is 0 Å². The van der Waals surface area contributed by atoms with Gasteiger partial charge in [-0.25, -0.2) is 24.0 Å². The molecule has 0 aliphatic carbocycles. The Kier molecular flexibility index (Phi) is 273. The lowest BCUT2D eigenvalue weighted by Gasteiger charge is -2.10. The summed E-state index contributed by atoms with van der Waals surface area (Å²) in [5, 5.41) is 47.5. The maximum Gasteiger partial charge on any atom is 0.344 e. The molecule has 0 radical (unpaired) electrons. The van der Waals surface area contributed by atoms with E-state index in [0.717, 1.165) is 0 Å². The lowest BCUT2D eigenvalue weighted by Crippen LogP contribution is -2.27. The minimum absolute atomic E-state index is 0. The van der Waals surface area contributed by atoms with Crippen molar-refractivity contribution in [2.24, 2.45) is 0 Å². The van der Waals surface area contributed by atoms with Crippen LogP contribution in [-0.4, -0.2) is 138 Å². The quantitative estimate of drug-likeness (QED) is 0.0427. The number of esters is 3. The number of hydrogen-bond acceptors (Lipinski definition) is 15. The molecule has 0 saturated heterocycles. The number of carboxylic acid groups (broad SMARTS) is 2. The number of ether oxygens (including phenoxy) is 5. The molecule has 0 bridgehead atoms. The molecule has 6 N–H and O–H groups in total. The fraction of sp³-hybridized carbons (Fsp3) is 0.838. The molecule has 0 spiro atoms. The normalized spacial score (nSPS) is 8.00. The number of rotatable bonds is 14. The summed E-state index contributed by atoms with van der Waals surface area (Å²) in [6.07, 6.45) is -2.66. The van der Waals surface area contributed by atoms with Gasteiger partial charge in [0.1, 0.15) is 26.1 Å². The summed E-state index contributed by atoms with van der Waals surface area (Å²) in [5.74, 6) is -4.74. The van der Waals surface area contributed by atoms with E-state index in [4.69, 9.17) is 49.6 Å². The Morgan fingerprint density at radius 2 is 0.833 bits per heavy atom. The van der Waals surface area contributed by atoms with E-state index in [1.54, 1.807) is 0 Å². The van der Waals surface area contributed by atoms with Crippen LogP contribution in [0.2, 0.25) is 0 Å². The van der Waals surface area contributed by atoms with Gasteiger partial charge in [0.25, 0.3) is 0 Å². The first-order valence-electron chi connectivity index (χ1n) is 10.3. The highest BCUT2D eigenvalue weighted by Gasteiger charge is 2.17. The number of aliphatic carboxylic acids is 2. The van der Waals surface area contributed by atoms with E-state index in [0.29, 0.717) is 6.29 Å². The third kappa shape index (κ3) is 118. The molecule has 0 saturated carbocycles. The Bertz CT molecular complexity index is 646. The summed E-state index contributed by atoms with van der Waals surface area (Å²) < 4.78 is 23.0. The summed E-state index contributed by atoms with van der Waals surface area (Å²) in [7, 11) is 1.38. The van der Waals surface area contributed by atoms with E-state index in [1.165, 1.54) is 27.9 Å². The Balaban J connectivity index is -0.0000000146. The molecule has 54 heavy (non-hydrogen) atoms. The predicted molar refractivity (Wildman–Crippen MR) is 233 cm³/mol. The van der Waals surface area contributed by atoms with Gasteiger partial charge in [-0.15, -0.1) is 0 Å². The Labute approximate surface area is 337 Å². The molecule has 0 fully saturated rings. The van der Waals surface area contributed by atoms with Crippen LogP contribution in [0.25, 0.3) is 0 Å². The maximum atomic E-state index is 11.1. The lowest BCUT2D eigenvalue weighted by molar-refractivity contribution is -0.166. The maximum absolute atomic E-state index is 11.1. The van der Waals surface area contributed by atoms with Crippen LogP contribution in [-0.2, 0) is 52.5 Å². The van der Waals surface area contributed by atoms with Gasteiger partial charge in [0.15, 0.2) is 18.3 Å². The molecule has 0 amide bonds. The lowest BCUT2D eigenvalue weighted by atomic mass is 10.4. The van der Waals surface area contributed by atoms with Crippen molar-refractivity contribution in [2.45, 2.75) is 165 Å². The Morgan fingerprint density at radius 3 is 1.06 bits per heavy atom. The van der Waals surface area contributed by atoms with Crippen molar-refractivity contribution < 1.29 is 83.1 Å². The highest BCUT2D eigenvalue weighted by atomic mass is 16.6. The van der Waals surface area contributed by atoms with E-state index in [1.807, 2.05) is 0 Å². The van der Waals surface area contributed by atoms with Gasteiger partial charge in [0, 0.05) is 7.11 Å². The van der Waals surface area contributed by atoms with Gasteiger partial charge in [0.2, 0.25) is 0 Å². The van der Waals surface area contributed by atoms with Gasteiger partial charge in [-0.05, 0) is 20.8 Å². The number of carboxylic acids is 2. The molecule has 0 heterocycles. The third-order valence-corrected chi connectivity index (χ3v) is 2.99. The summed E-state index contributed by atoms with van der Waals surface area (Å²) >= 11 is 0. The van der Waals surface area contributed by atoms with Crippen LogP contribution >= 0.6 is 0 Å². The SMILES string of the molecule is C.C.C.C.C.C.C.C.C.C.C.C.C.C.C.C.C.CC(OC(=O)CO)C(=O)O.COC(C)C(=O)OCCOCC(=O)OC(C)C(=O)O.O=CCO.OCCO. The average molecular weight is 821 g/mol. The second-order valence-electron chi connectivity index (χ2n) is 5.99. The monoisotopic (exact) mass is 821 g/mol. The zero-order chi connectivity index (χ0) is 29.8. The standard InChI is InChI=1S/C11H18O8.C5H8O5.C2H6O2.C2H4O2.17CH4/c1-7(10(13)14)19-9(12)6-17-4-5-18-11(15)8(2)16-3;1-3(5(8)9)10-4(7)2-6;2*3-1-2-4;;;;;;;;;;;;;;;;;/h7-8H,4-6H2,1-3H3,(H,13,14);3,6H,2H2,1H3,(H,8,9);3-4H,1-2H2;1,4H,2H2;17*1H4. The number of hydrogen-bond donors (Lipinski definition) is 6. The molecule has 17 heteroatoms. The molecule has 0 aromatic carbocycles. The molecule has 0 aliphatic heterocycles. The van der Waals surface area contributed by atoms with Crippen molar-refractivity contribution in [3.63, 3.8) is 0 Å². The highest BCUT2D eigenvalue weighted by molar-refractivity contribution is 5.78. The van der Waals surface area contributed by atoms with E-state index in [9.17, 15) is 24.0 Å². The topological polar surface area (TPSA) is 270 Å². The average Bonchev–Trinajstić information content (AvgIpc) is 2.87. The molecular formula is C37H104O17. The summed E-state index contributed by atoms with van der Waals surface area (Å²) in [4.78, 5) is 61.7. The molecule has 3 atom stereocenters. The van der Waals surface area contributed by atoms with E-state index >= 15 is 0 Å². The van der Waals surface area contributed by atoms with Crippen molar-refractivity contribution in [1.29, 1.82) is 0 Å². The van der Waals surface area contributed by atoms with Gasteiger partial charge in [-0.3, -0.25) is 0 Å². The zero-order valence-corrected chi connectivity index (χ0v) is 20.9. The largest absolute Gasteiger partial charge is 0.479 e. The minimum Gasteiger partial charge on any atom is -0.479 e. The predicted octanol–water partition coefficient (Wildman–Crippen LogP) is 7.55.